The monoisotopic (exact) mass is 339 g/mol. The first-order valence-electron chi connectivity index (χ1n) is 8.70. The summed E-state index contributed by atoms with van der Waals surface area (Å²) in [6.45, 7) is 0.595. The molecule has 2 unspecified atom stereocenters. The third-order valence-corrected chi connectivity index (χ3v) is 5.32. The lowest BCUT2D eigenvalue weighted by atomic mass is 9.89. The van der Waals surface area contributed by atoms with E-state index in [2.05, 4.69) is 5.10 Å². The Morgan fingerprint density at radius 3 is 2.76 bits per heavy atom. The number of amides is 1. The van der Waals surface area contributed by atoms with Crippen LogP contribution in [0.25, 0.3) is 0 Å². The highest BCUT2D eigenvalue weighted by molar-refractivity contribution is 6.01. The van der Waals surface area contributed by atoms with Crippen molar-refractivity contribution >= 4 is 11.9 Å². The van der Waals surface area contributed by atoms with Crippen LogP contribution in [0, 0.1) is 0 Å². The molecule has 0 N–H and O–H groups in total. The van der Waals surface area contributed by atoms with Gasteiger partial charge in [0.1, 0.15) is 0 Å². The normalized spacial score (nSPS) is 22.8. The Morgan fingerprint density at radius 1 is 1.24 bits per heavy atom. The van der Waals surface area contributed by atoms with Crippen LogP contribution in [0.3, 0.4) is 0 Å². The molecule has 2 aromatic rings. The number of hydrogen-bond acceptors (Lipinski definition) is 4. The number of hydrogen-bond donors (Lipinski definition) is 0. The zero-order chi connectivity index (χ0) is 17.4. The molecule has 130 valence electrons. The Hall–Kier alpha value is -2.63. The summed E-state index contributed by atoms with van der Waals surface area (Å²) in [4.78, 5) is 26.7. The lowest BCUT2D eigenvalue weighted by molar-refractivity contribution is 0.0559. The molecule has 0 saturated heterocycles. The Morgan fingerprint density at radius 2 is 2.04 bits per heavy atom. The van der Waals surface area contributed by atoms with Crippen LogP contribution in [0.4, 0.5) is 0 Å². The Labute approximate surface area is 146 Å². The van der Waals surface area contributed by atoms with E-state index in [1.54, 1.807) is 18.3 Å². The van der Waals surface area contributed by atoms with Crippen molar-refractivity contribution in [3.63, 3.8) is 0 Å². The molecule has 1 aromatic heterocycles. The van der Waals surface area contributed by atoms with Gasteiger partial charge in [-0.3, -0.25) is 9.48 Å². The van der Waals surface area contributed by atoms with Crippen molar-refractivity contribution in [2.45, 2.75) is 44.3 Å². The van der Waals surface area contributed by atoms with Crippen molar-refractivity contribution in [3.05, 3.63) is 53.3 Å². The van der Waals surface area contributed by atoms with Crippen LogP contribution in [0.1, 0.15) is 58.0 Å². The molecule has 2 aliphatic rings. The van der Waals surface area contributed by atoms with Gasteiger partial charge in [-0.15, -0.1) is 0 Å². The van der Waals surface area contributed by atoms with Gasteiger partial charge in [-0.1, -0.05) is 18.9 Å². The number of fused-ring (bicyclic) bond motifs is 1. The largest absolute Gasteiger partial charge is 0.465 e. The highest BCUT2D eigenvalue weighted by Gasteiger charge is 2.39. The van der Waals surface area contributed by atoms with Crippen molar-refractivity contribution in [2.24, 2.45) is 0 Å². The maximum atomic E-state index is 13.0. The minimum Gasteiger partial charge on any atom is -0.465 e. The summed E-state index contributed by atoms with van der Waals surface area (Å²) < 4.78 is 6.75. The first kappa shape index (κ1) is 15.9. The van der Waals surface area contributed by atoms with E-state index >= 15 is 0 Å². The molecule has 1 aliphatic heterocycles. The van der Waals surface area contributed by atoms with Gasteiger partial charge in [-0.2, -0.15) is 5.10 Å². The average Bonchev–Trinajstić information content (AvgIpc) is 3.29. The van der Waals surface area contributed by atoms with Gasteiger partial charge in [-0.25, -0.2) is 4.79 Å². The third-order valence-electron chi connectivity index (χ3n) is 5.32. The van der Waals surface area contributed by atoms with E-state index in [-0.39, 0.29) is 18.0 Å². The van der Waals surface area contributed by atoms with Gasteiger partial charge in [0, 0.05) is 24.5 Å². The number of aromatic nitrogens is 2. The molecule has 6 nitrogen and oxygen atoms in total. The molecule has 0 bridgehead atoms. The van der Waals surface area contributed by atoms with E-state index in [9.17, 15) is 9.59 Å². The highest BCUT2D eigenvalue weighted by Crippen LogP contribution is 2.36. The van der Waals surface area contributed by atoms with Gasteiger partial charge in [0.15, 0.2) is 0 Å². The van der Waals surface area contributed by atoms with Crippen molar-refractivity contribution in [1.29, 1.82) is 0 Å². The first-order chi connectivity index (χ1) is 12.2. The highest BCUT2D eigenvalue weighted by atomic mass is 16.5. The van der Waals surface area contributed by atoms with Gasteiger partial charge in [-0.05, 0) is 36.6 Å². The summed E-state index contributed by atoms with van der Waals surface area (Å²) in [6, 6.07) is 7.53. The Bertz CT molecular complexity index is 800. The van der Waals surface area contributed by atoms with E-state index in [0.29, 0.717) is 17.7 Å². The van der Waals surface area contributed by atoms with E-state index in [1.807, 2.05) is 27.9 Å². The SMILES string of the molecule is COC(=O)c1ccc2c(c1)C(=O)N(C1CCCCC1n1cccn1)C2. The molecule has 25 heavy (non-hydrogen) atoms. The van der Waals surface area contributed by atoms with Crippen molar-refractivity contribution in [2.75, 3.05) is 7.11 Å². The van der Waals surface area contributed by atoms with Crippen LogP contribution in [0.15, 0.2) is 36.7 Å². The van der Waals surface area contributed by atoms with Crippen LogP contribution in [0.5, 0.6) is 0 Å². The molecule has 4 rings (SSSR count). The zero-order valence-corrected chi connectivity index (χ0v) is 14.2. The maximum Gasteiger partial charge on any atom is 0.337 e. The lowest BCUT2D eigenvalue weighted by Crippen LogP contribution is -2.43. The van der Waals surface area contributed by atoms with Gasteiger partial charge >= 0.3 is 5.97 Å². The molecule has 1 aromatic carbocycles. The number of methoxy groups -OCH3 is 1. The van der Waals surface area contributed by atoms with Gasteiger partial charge in [0.25, 0.3) is 5.91 Å². The van der Waals surface area contributed by atoms with E-state index in [4.69, 9.17) is 4.74 Å². The molecular weight excluding hydrogens is 318 g/mol. The summed E-state index contributed by atoms with van der Waals surface area (Å²) in [5.74, 6) is -0.411. The van der Waals surface area contributed by atoms with Crippen LogP contribution < -0.4 is 0 Å². The second-order valence-corrected chi connectivity index (χ2v) is 6.70. The molecule has 1 aliphatic carbocycles. The molecule has 0 spiro atoms. The summed E-state index contributed by atoms with van der Waals surface area (Å²) in [5, 5.41) is 4.40. The molecular formula is C19H21N3O3. The van der Waals surface area contributed by atoms with E-state index in [1.165, 1.54) is 7.11 Å². The molecule has 0 radical (unpaired) electrons. The summed E-state index contributed by atoms with van der Waals surface area (Å²) in [7, 11) is 1.35. The lowest BCUT2D eigenvalue weighted by Gasteiger charge is -2.38. The first-order valence-corrected chi connectivity index (χ1v) is 8.70. The van der Waals surface area contributed by atoms with E-state index in [0.717, 1.165) is 31.2 Å². The van der Waals surface area contributed by atoms with Gasteiger partial charge in [0.2, 0.25) is 0 Å². The molecule has 6 heteroatoms. The number of carbonyl (C=O) groups excluding carboxylic acids is 2. The topological polar surface area (TPSA) is 64.4 Å². The minimum atomic E-state index is -0.416. The van der Waals surface area contributed by atoms with Gasteiger partial charge < -0.3 is 9.64 Å². The number of carbonyl (C=O) groups is 2. The fourth-order valence-electron chi connectivity index (χ4n) is 4.08. The van der Waals surface area contributed by atoms with Crippen LogP contribution in [0.2, 0.25) is 0 Å². The Kier molecular flexibility index (Phi) is 4.03. The summed E-state index contributed by atoms with van der Waals surface area (Å²) in [6.07, 6.45) is 8.05. The number of ether oxygens (including phenoxy) is 1. The second kappa shape index (κ2) is 6.35. The minimum absolute atomic E-state index is 0.00445. The molecule has 1 amide bonds. The van der Waals surface area contributed by atoms with Crippen LogP contribution in [-0.2, 0) is 11.3 Å². The number of esters is 1. The third kappa shape index (κ3) is 2.71. The quantitative estimate of drug-likeness (QED) is 0.807. The molecule has 1 saturated carbocycles. The van der Waals surface area contributed by atoms with E-state index < -0.39 is 5.97 Å². The Balaban J connectivity index is 1.63. The number of nitrogens with zero attached hydrogens (tertiary/aromatic N) is 3. The standard InChI is InChI=1S/C19H21N3O3/c1-25-19(24)13-7-8-14-12-21(18(23)15(14)11-13)16-5-2-3-6-17(16)22-10-4-9-20-22/h4,7-11,16-17H,2-3,5-6,12H2,1H3. The fourth-order valence-corrected chi connectivity index (χ4v) is 4.08. The maximum absolute atomic E-state index is 13.0. The predicted octanol–water partition coefficient (Wildman–Crippen LogP) is 2.81. The van der Waals surface area contributed by atoms with Crippen LogP contribution in [-0.4, -0.2) is 39.7 Å². The smallest absolute Gasteiger partial charge is 0.337 e. The number of rotatable bonds is 3. The summed E-state index contributed by atoms with van der Waals surface area (Å²) in [5.41, 5.74) is 2.01. The molecule has 2 heterocycles. The van der Waals surface area contributed by atoms with Crippen LogP contribution >= 0.6 is 0 Å². The molecule has 2 atom stereocenters. The zero-order valence-electron chi connectivity index (χ0n) is 14.2. The summed E-state index contributed by atoms with van der Waals surface area (Å²) >= 11 is 0. The second-order valence-electron chi connectivity index (χ2n) is 6.70. The fraction of sp³-hybridized carbons (Fsp3) is 0.421. The average molecular weight is 339 g/mol. The predicted molar refractivity (Wildman–Crippen MR) is 91.2 cm³/mol. The van der Waals surface area contributed by atoms with Gasteiger partial charge in [0.05, 0.1) is 24.8 Å². The number of benzene rings is 1. The van der Waals surface area contributed by atoms with Crippen molar-refractivity contribution in [3.8, 4) is 0 Å². The van der Waals surface area contributed by atoms with Crippen molar-refractivity contribution < 1.29 is 14.3 Å². The van der Waals surface area contributed by atoms with Crippen molar-refractivity contribution in [1.82, 2.24) is 14.7 Å². The molecule has 1 fully saturated rings.